The summed E-state index contributed by atoms with van der Waals surface area (Å²) in [7, 11) is 1.63. The van der Waals surface area contributed by atoms with Gasteiger partial charge in [-0.05, 0) is 56.4 Å². The molecular weight excluding hydrogens is 252 g/mol. The second-order valence-corrected chi connectivity index (χ2v) is 6.11. The number of ether oxygens (including phenoxy) is 1. The third-order valence-corrected chi connectivity index (χ3v) is 3.96. The lowest BCUT2D eigenvalue weighted by atomic mass is 9.87. The van der Waals surface area contributed by atoms with E-state index in [1.807, 2.05) is 32.0 Å². The van der Waals surface area contributed by atoms with Crippen LogP contribution in [0.5, 0.6) is 0 Å². The highest BCUT2D eigenvalue weighted by atomic mass is 16.5. The summed E-state index contributed by atoms with van der Waals surface area (Å²) in [6, 6.07) is 6.06. The number of nitrogens with two attached hydrogens (primary N) is 1. The molecular formula is C16H24N2O2. The number of rotatable bonds is 4. The quantitative estimate of drug-likeness (QED) is 0.831. The van der Waals surface area contributed by atoms with Crippen LogP contribution < -0.4 is 11.1 Å². The Morgan fingerprint density at radius 3 is 2.95 bits per heavy atom. The SMILES string of the molecule is COC(C)(C)CC(=O)NC1CCCc2cc(N)ccc21. The third kappa shape index (κ3) is 3.51. The smallest absolute Gasteiger partial charge is 0.223 e. The van der Waals surface area contributed by atoms with Gasteiger partial charge in [0.15, 0.2) is 0 Å². The standard InChI is InChI=1S/C16H24N2O2/c1-16(2,20-3)10-15(19)18-14-6-4-5-11-9-12(17)7-8-13(11)14/h7-9,14H,4-6,10,17H2,1-3H3,(H,18,19). The first kappa shape index (κ1) is 14.9. The number of fused-ring (bicyclic) bond motifs is 1. The first-order chi connectivity index (χ1) is 9.41. The van der Waals surface area contributed by atoms with Gasteiger partial charge in [0.25, 0.3) is 0 Å². The van der Waals surface area contributed by atoms with Gasteiger partial charge in [-0.25, -0.2) is 0 Å². The van der Waals surface area contributed by atoms with Crippen molar-refractivity contribution >= 4 is 11.6 Å². The van der Waals surface area contributed by atoms with E-state index in [-0.39, 0.29) is 11.9 Å². The van der Waals surface area contributed by atoms with Crippen molar-refractivity contribution in [3.05, 3.63) is 29.3 Å². The summed E-state index contributed by atoms with van der Waals surface area (Å²) in [5.74, 6) is 0.0338. The summed E-state index contributed by atoms with van der Waals surface area (Å²) in [4.78, 5) is 12.1. The van der Waals surface area contributed by atoms with Gasteiger partial charge < -0.3 is 15.8 Å². The average molecular weight is 276 g/mol. The number of aryl methyl sites for hydroxylation is 1. The van der Waals surface area contributed by atoms with E-state index in [1.54, 1.807) is 7.11 Å². The average Bonchev–Trinajstić information content (AvgIpc) is 2.38. The Kier molecular flexibility index (Phi) is 4.33. The summed E-state index contributed by atoms with van der Waals surface area (Å²) in [5, 5.41) is 3.13. The molecule has 2 rings (SSSR count). The molecule has 0 saturated heterocycles. The second-order valence-electron chi connectivity index (χ2n) is 6.11. The largest absolute Gasteiger partial charge is 0.399 e. The number of hydrogen-bond donors (Lipinski definition) is 2. The molecule has 1 unspecified atom stereocenters. The highest BCUT2D eigenvalue weighted by Crippen LogP contribution is 2.31. The van der Waals surface area contributed by atoms with E-state index in [9.17, 15) is 4.79 Å². The van der Waals surface area contributed by atoms with Crippen molar-refractivity contribution in [2.75, 3.05) is 12.8 Å². The van der Waals surface area contributed by atoms with E-state index in [0.717, 1.165) is 24.9 Å². The molecule has 110 valence electrons. The van der Waals surface area contributed by atoms with Gasteiger partial charge in [-0.2, -0.15) is 0 Å². The number of nitrogens with one attached hydrogen (secondary N) is 1. The topological polar surface area (TPSA) is 64.3 Å². The Balaban J connectivity index is 2.07. The zero-order valence-electron chi connectivity index (χ0n) is 12.5. The molecule has 0 fully saturated rings. The lowest BCUT2D eigenvalue weighted by molar-refractivity contribution is -0.127. The van der Waals surface area contributed by atoms with E-state index >= 15 is 0 Å². The van der Waals surface area contributed by atoms with E-state index in [1.165, 1.54) is 11.1 Å². The summed E-state index contributed by atoms with van der Waals surface area (Å²) in [6.07, 6.45) is 3.46. The molecule has 1 aromatic rings. The number of hydrogen-bond acceptors (Lipinski definition) is 3. The minimum Gasteiger partial charge on any atom is -0.399 e. The summed E-state index contributed by atoms with van der Waals surface area (Å²) < 4.78 is 5.31. The lowest BCUT2D eigenvalue weighted by Gasteiger charge is -2.28. The Labute approximate surface area is 120 Å². The van der Waals surface area contributed by atoms with Crippen molar-refractivity contribution in [2.45, 2.75) is 51.2 Å². The highest BCUT2D eigenvalue weighted by molar-refractivity contribution is 5.77. The molecule has 0 bridgehead atoms. The molecule has 0 radical (unpaired) electrons. The fourth-order valence-corrected chi connectivity index (χ4v) is 2.69. The maximum absolute atomic E-state index is 12.1. The Morgan fingerprint density at radius 1 is 1.50 bits per heavy atom. The molecule has 1 amide bonds. The van der Waals surface area contributed by atoms with Crippen molar-refractivity contribution in [3.8, 4) is 0 Å². The van der Waals surface area contributed by atoms with Crippen LogP contribution in [0.2, 0.25) is 0 Å². The van der Waals surface area contributed by atoms with Gasteiger partial charge >= 0.3 is 0 Å². The molecule has 3 N–H and O–H groups in total. The number of carbonyl (C=O) groups is 1. The van der Waals surface area contributed by atoms with Crippen LogP contribution in [0.4, 0.5) is 5.69 Å². The summed E-state index contributed by atoms with van der Waals surface area (Å²) in [6.45, 7) is 3.84. The number of carbonyl (C=O) groups excluding carboxylic acids is 1. The van der Waals surface area contributed by atoms with Crippen molar-refractivity contribution < 1.29 is 9.53 Å². The van der Waals surface area contributed by atoms with Gasteiger partial charge in [0.05, 0.1) is 18.1 Å². The first-order valence-electron chi connectivity index (χ1n) is 7.14. The molecule has 0 spiro atoms. The predicted octanol–water partition coefficient (Wildman–Crippen LogP) is 2.58. The highest BCUT2D eigenvalue weighted by Gasteiger charge is 2.25. The number of nitrogen functional groups attached to an aromatic ring is 1. The molecule has 0 saturated carbocycles. The Hall–Kier alpha value is -1.55. The Morgan fingerprint density at radius 2 is 2.25 bits per heavy atom. The van der Waals surface area contributed by atoms with Crippen molar-refractivity contribution in [1.82, 2.24) is 5.32 Å². The third-order valence-electron chi connectivity index (χ3n) is 3.96. The zero-order chi connectivity index (χ0) is 14.8. The molecule has 0 heterocycles. The fourth-order valence-electron chi connectivity index (χ4n) is 2.69. The second kappa shape index (κ2) is 5.83. The van der Waals surface area contributed by atoms with Crippen LogP contribution in [0.25, 0.3) is 0 Å². The maximum Gasteiger partial charge on any atom is 0.223 e. The Bertz CT molecular complexity index is 497. The van der Waals surface area contributed by atoms with Crippen molar-refractivity contribution in [2.24, 2.45) is 0 Å². The van der Waals surface area contributed by atoms with Crippen molar-refractivity contribution in [3.63, 3.8) is 0 Å². The van der Waals surface area contributed by atoms with Crippen LogP contribution in [-0.2, 0) is 16.0 Å². The van der Waals surface area contributed by atoms with Crippen LogP contribution in [0.3, 0.4) is 0 Å². The predicted molar refractivity (Wildman–Crippen MR) is 80.4 cm³/mol. The van der Waals surface area contributed by atoms with Gasteiger partial charge in [-0.1, -0.05) is 6.07 Å². The zero-order valence-corrected chi connectivity index (χ0v) is 12.5. The van der Waals surface area contributed by atoms with Crippen LogP contribution >= 0.6 is 0 Å². The number of methoxy groups -OCH3 is 1. The fraction of sp³-hybridized carbons (Fsp3) is 0.562. The van der Waals surface area contributed by atoms with Crippen LogP contribution in [-0.4, -0.2) is 18.6 Å². The molecule has 4 heteroatoms. The van der Waals surface area contributed by atoms with Gasteiger partial charge in [0.1, 0.15) is 0 Å². The number of benzene rings is 1. The molecule has 0 aromatic heterocycles. The first-order valence-corrected chi connectivity index (χ1v) is 7.14. The lowest BCUT2D eigenvalue weighted by Crippen LogP contribution is -2.36. The van der Waals surface area contributed by atoms with Crippen molar-refractivity contribution in [1.29, 1.82) is 0 Å². The van der Waals surface area contributed by atoms with Gasteiger partial charge in [-0.15, -0.1) is 0 Å². The van der Waals surface area contributed by atoms with Crippen LogP contribution in [0, 0.1) is 0 Å². The molecule has 1 atom stereocenters. The van der Waals surface area contributed by atoms with E-state index in [4.69, 9.17) is 10.5 Å². The number of anilines is 1. The molecule has 1 aromatic carbocycles. The minimum atomic E-state index is -0.428. The molecule has 4 nitrogen and oxygen atoms in total. The summed E-state index contributed by atoms with van der Waals surface area (Å²) in [5.41, 5.74) is 8.65. The van der Waals surface area contributed by atoms with Gasteiger partial charge in [0, 0.05) is 12.8 Å². The van der Waals surface area contributed by atoms with Crippen LogP contribution in [0.15, 0.2) is 18.2 Å². The van der Waals surface area contributed by atoms with Gasteiger partial charge in [-0.3, -0.25) is 4.79 Å². The molecule has 20 heavy (non-hydrogen) atoms. The summed E-state index contributed by atoms with van der Waals surface area (Å²) >= 11 is 0. The van der Waals surface area contributed by atoms with E-state index in [0.29, 0.717) is 6.42 Å². The number of amides is 1. The van der Waals surface area contributed by atoms with Crippen LogP contribution in [0.1, 0.15) is 50.3 Å². The van der Waals surface area contributed by atoms with Gasteiger partial charge in [0.2, 0.25) is 5.91 Å². The van der Waals surface area contributed by atoms with E-state index in [2.05, 4.69) is 5.32 Å². The molecule has 0 aliphatic heterocycles. The van der Waals surface area contributed by atoms with E-state index < -0.39 is 5.60 Å². The normalized spacial score (nSPS) is 18.4. The maximum atomic E-state index is 12.1. The molecule has 1 aliphatic carbocycles. The monoisotopic (exact) mass is 276 g/mol. The minimum absolute atomic E-state index is 0.0338. The molecule has 1 aliphatic rings.